The third-order valence-corrected chi connectivity index (χ3v) is 4.52. The first-order chi connectivity index (χ1) is 14.6. The lowest BCUT2D eigenvalue weighted by molar-refractivity contribution is -0.131. The molecular weight excluding hydrogens is 378 g/mol. The van der Waals surface area contributed by atoms with E-state index in [4.69, 9.17) is 9.84 Å². The number of esters is 1. The van der Waals surface area contributed by atoms with E-state index in [1.54, 1.807) is 30.3 Å². The summed E-state index contributed by atoms with van der Waals surface area (Å²) in [5.74, 6) is -1.24. The number of cyclic esters (lactones) is 1. The van der Waals surface area contributed by atoms with Gasteiger partial charge in [0.1, 0.15) is 0 Å². The zero-order chi connectivity index (χ0) is 20.9. The van der Waals surface area contributed by atoms with E-state index in [2.05, 4.69) is 4.99 Å². The van der Waals surface area contributed by atoms with Crippen molar-refractivity contribution >= 4 is 30.0 Å². The van der Waals surface area contributed by atoms with Gasteiger partial charge in [0.2, 0.25) is 5.90 Å². The Hall–Kier alpha value is -4.25. The van der Waals surface area contributed by atoms with Gasteiger partial charge in [0, 0.05) is 11.6 Å². The molecule has 0 radical (unpaired) electrons. The predicted molar refractivity (Wildman–Crippen MR) is 116 cm³/mol. The number of carbonyl (C=O) groups is 2. The molecule has 3 aromatic rings. The fraction of sp³-hybridized carbons (Fsp3) is 0. The molecule has 0 aromatic heterocycles. The summed E-state index contributed by atoms with van der Waals surface area (Å²) in [6.07, 6.45) is 4.21. The third kappa shape index (κ3) is 4.42. The predicted octanol–water partition coefficient (Wildman–Crippen LogP) is 4.80. The van der Waals surface area contributed by atoms with Gasteiger partial charge in [-0.05, 0) is 46.5 Å². The Morgan fingerprint density at radius 1 is 0.800 bits per heavy atom. The van der Waals surface area contributed by atoms with Gasteiger partial charge >= 0.3 is 11.9 Å². The van der Waals surface area contributed by atoms with E-state index in [0.29, 0.717) is 0 Å². The van der Waals surface area contributed by atoms with E-state index < -0.39 is 11.9 Å². The summed E-state index contributed by atoms with van der Waals surface area (Å²) in [7, 11) is 0. The molecule has 0 unspecified atom stereocenters. The van der Waals surface area contributed by atoms with Crippen molar-refractivity contribution < 1.29 is 19.4 Å². The molecule has 4 rings (SSSR count). The second-order valence-electron chi connectivity index (χ2n) is 6.62. The van der Waals surface area contributed by atoms with Crippen molar-refractivity contribution in [2.24, 2.45) is 4.99 Å². The van der Waals surface area contributed by atoms with E-state index in [-0.39, 0.29) is 11.6 Å². The number of aliphatic carboxylic acids is 1. The van der Waals surface area contributed by atoms with Crippen LogP contribution < -0.4 is 0 Å². The minimum Gasteiger partial charge on any atom is -0.478 e. The fourth-order valence-electron chi connectivity index (χ4n) is 3.00. The molecule has 0 atom stereocenters. The van der Waals surface area contributed by atoms with Crippen LogP contribution in [0.1, 0.15) is 16.7 Å². The smallest absolute Gasteiger partial charge is 0.363 e. The van der Waals surface area contributed by atoms with Gasteiger partial charge in [-0.25, -0.2) is 14.6 Å². The number of benzene rings is 3. The number of hydrogen-bond acceptors (Lipinski definition) is 4. The number of carbonyl (C=O) groups excluding carboxylic acids is 1. The van der Waals surface area contributed by atoms with Crippen LogP contribution in [0.5, 0.6) is 0 Å². The van der Waals surface area contributed by atoms with Gasteiger partial charge in [-0.2, -0.15) is 0 Å². The monoisotopic (exact) mass is 395 g/mol. The molecule has 1 heterocycles. The number of aliphatic imine (C=N–C) groups is 1. The van der Waals surface area contributed by atoms with Crippen LogP contribution in [0.3, 0.4) is 0 Å². The molecule has 0 aliphatic carbocycles. The average molecular weight is 395 g/mol. The average Bonchev–Trinajstić information content (AvgIpc) is 3.14. The second kappa shape index (κ2) is 8.41. The maximum absolute atomic E-state index is 12.2. The van der Waals surface area contributed by atoms with Gasteiger partial charge in [0.25, 0.3) is 0 Å². The molecule has 0 saturated heterocycles. The molecule has 146 valence electrons. The molecule has 5 heteroatoms. The van der Waals surface area contributed by atoms with Crippen LogP contribution >= 0.6 is 0 Å². The molecule has 30 heavy (non-hydrogen) atoms. The molecule has 0 amide bonds. The molecule has 1 aliphatic heterocycles. The first kappa shape index (κ1) is 19.1. The van der Waals surface area contributed by atoms with Crippen molar-refractivity contribution in [1.29, 1.82) is 0 Å². The van der Waals surface area contributed by atoms with Gasteiger partial charge in [-0.15, -0.1) is 0 Å². The molecule has 3 aromatic carbocycles. The highest BCUT2D eigenvalue weighted by molar-refractivity contribution is 6.13. The van der Waals surface area contributed by atoms with Crippen LogP contribution in [0, 0.1) is 0 Å². The van der Waals surface area contributed by atoms with Crippen molar-refractivity contribution in [1.82, 2.24) is 0 Å². The lowest BCUT2D eigenvalue weighted by Crippen LogP contribution is -2.05. The first-order valence-corrected chi connectivity index (χ1v) is 9.28. The van der Waals surface area contributed by atoms with Gasteiger partial charge < -0.3 is 9.84 Å². The third-order valence-electron chi connectivity index (χ3n) is 4.52. The van der Waals surface area contributed by atoms with Crippen LogP contribution in [0.25, 0.3) is 23.3 Å². The number of carboxylic acids is 1. The minimum absolute atomic E-state index is 0.214. The van der Waals surface area contributed by atoms with E-state index in [9.17, 15) is 9.59 Å². The first-order valence-electron chi connectivity index (χ1n) is 9.28. The molecule has 0 bridgehead atoms. The highest BCUT2D eigenvalue weighted by Crippen LogP contribution is 2.23. The van der Waals surface area contributed by atoms with E-state index in [1.165, 1.54) is 6.08 Å². The second-order valence-corrected chi connectivity index (χ2v) is 6.62. The van der Waals surface area contributed by atoms with Crippen LogP contribution in [-0.2, 0) is 14.3 Å². The van der Waals surface area contributed by atoms with E-state index in [0.717, 1.165) is 33.9 Å². The van der Waals surface area contributed by atoms with Crippen molar-refractivity contribution in [3.63, 3.8) is 0 Å². The van der Waals surface area contributed by atoms with E-state index in [1.807, 2.05) is 54.6 Å². The summed E-state index contributed by atoms with van der Waals surface area (Å²) in [6, 6.07) is 24.8. The summed E-state index contributed by atoms with van der Waals surface area (Å²) in [6.45, 7) is 0. The fourth-order valence-corrected chi connectivity index (χ4v) is 3.00. The molecule has 1 aliphatic rings. The Kier molecular flexibility index (Phi) is 5.35. The van der Waals surface area contributed by atoms with E-state index >= 15 is 0 Å². The Morgan fingerprint density at radius 2 is 1.40 bits per heavy atom. The van der Waals surface area contributed by atoms with Crippen molar-refractivity contribution in [3.05, 3.63) is 107 Å². The minimum atomic E-state index is -1.01. The summed E-state index contributed by atoms with van der Waals surface area (Å²) < 4.78 is 5.33. The topological polar surface area (TPSA) is 76.0 Å². The number of hydrogen-bond donors (Lipinski definition) is 1. The SMILES string of the molecule is O=C(O)/C=C/c1ccc(/C=C2\N=C(c3ccc(-c4ccccc4)cc3)OC2=O)cc1. The van der Waals surface area contributed by atoms with Gasteiger partial charge in [0.05, 0.1) is 0 Å². The molecule has 0 saturated carbocycles. The Morgan fingerprint density at radius 3 is 2.07 bits per heavy atom. The summed E-state index contributed by atoms with van der Waals surface area (Å²) >= 11 is 0. The van der Waals surface area contributed by atoms with Gasteiger partial charge in [-0.1, -0.05) is 66.7 Å². The van der Waals surface area contributed by atoms with Gasteiger partial charge in [-0.3, -0.25) is 0 Å². The Balaban J connectivity index is 1.53. The molecule has 5 nitrogen and oxygen atoms in total. The Bertz CT molecular complexity index is 1170. The Labute approximate surface area is 173 Å². The maximum atomic E-state index is 12.2. The quantitative estimate of drug-likeness (QED) is 0.498. The molecule has 1 N–H and O–H groups in total. The molecular formula is C25H17NO4. The number of rotatable bonds is 5. The van der Waals surface area contributed by atoms with Gasteiger partial charge in [0.15, 0.2) is 5.70 Å². The van der Waals surface area contributed by atoms with Crippen LogP contribution in [0.2, 0.25) is 0 Å². The number of ether oxygens (including phenoxy) is 1. The van der Waals surface area contributed by atoms with Crippen LogP contribution in [0.4, 0.5) is 0 Å². The zero-order valence-corrected chi connectivity index (χ0v) is 15.9. The lowest BCUT2D eigenvalue weighted by Gasteiger charge is -2.03. The highest BCUT2D eigenvalue weighted by atomic mass is 16.6. The highest BCUT2D eigenvalue weighted by Gasteiger charge is 2.24. The molecule has 0 spiro atoms. The number of carboxylic acid groups (broad SMARTS) is 1. The molecule has 0 fully saturated rings. The largest absolute Gasteiger partial charge is 0.478 e. The summed E-state index contributed by atoms with van der Waals surface area (Å²) in [5.41, 5.74) is 4.62. The van der Waals surface area contributed by atoms with Crippen molar-refractivity contribution in [2.45, 2.75) is 0 Å². The van der Waals surface area contributed by atoms with Crippen LogP contribution in [-0.4, -0.2) is 22.9 Å². The standard InChI is InChI=1S/C25H17NO4/c27-23(28)15-10-17-6-8-18(9-7-17)16-22-25(29)30-24(26-22)21-13-11-20(12-14-21)19-4-2-1-3-5-19/h1-16H,(H,27,28)/b15-10+,22-16-. The summed E-state index contributed by atoms with van der Waals surface area (Å²) in [5, 5.41) is 8.68. The van der Waals surface area contributed by atoms with Crippen LogP contribution in [0.15, 0.2) is 95.6 Å². The van der Waals surface area contributed by atoms with Crippen molar-refractivity contribution in [2.75, 3.05) is 0 Å². The normalized spacial score (nSPS) is 14.7. The van der Waals surface area contributed by atoms with Crippen molar-refractivity contribution in [3.8, 4) is 11.1 Å². The summed E-state index contributed by atoms with van der Waals surface area (Å²) in [4.78, 5) is 27.1. The zero-order valence-electron chi connectivity index (χ0n) is 15.9. The maximum Gasteiger partial charge on any atom is 0.363 e. The number of nitrogens with zero attached hydrogens (tertiary/aromatic N) is 1. The lowest BCUT2D eigenvalue weighted by atomic mass is 10.0.